The molecule has 4 aromatic rings. The molecule has 3 aromatic carbocycles. The summed E-state index contributed by atoms with van der Waals surface area (Å²) in [5, 5.41) is 15.5. The van der Waals surface area contributed by atoms with E-state index in [0.717, 1.165) is 16.7 Å². The summed E-state index contributed by atoms with van der Waals surface area (Å²) in [6.45, 7) is 3.29. The first-order valence-corrected chi connectivity index (χ1v) is 11.4. The summed E-state index contributed by atoms with van der Waals surface area (Å²) < 4.78 is 24.8. The fourth-order valence-electron chi connectivity index (χ4n) is 3.83. The minimum absolute atomic E-state index is 0.00244. The summed E-state index contributed by atoms with van der Waals surface area (Å²) in [4.78, 5) is 23.4. The highest BCUT2D eigenvalue weighted by Gasteiger charge is 2.21. The number of benzene rings is 3. The molecule has 184 valence electrons. The van der Waals surface area contributed by atoms with Crippen molar-refractivity contribution >= 4 is 17.7 Å². The number of aliphatic carboxylic acids is 1. The fraction of sp³-hybridized carbons (Fsp3) is 0.179. The minimum Gasteiger partial charge on any atom is -0.481 e. The van der Waals surface area contributed by atoms with Crippen molar-refractivity contribution in [1.82, 2.24) is 5.16 Å². The zero-order valence-electron chi connectivity index (χ0n) is 19.8. The Morgan fingerprint density at radius 1 is 1.00 bits per heavy atom. The maximum atomic E-state index is 14.0. The highest BCUT2D eigenvalue weighted by molar-refractivity contribution is 5.90. The maximum absolute atomic E-state index is 14.0. The van der Waals surface area contributed by atoms with Crippen LogP contribution in [0.15, 0.2) is 77.3 Å². The van der Waals surface area contributed by atoms with Crippen LogP contribution >= 0.6 is 0 Å². The molecule has 1 aromatic heterocycles. The number of anilines is 1. The number of halogens is 1. The van der Waals surface area contributed by atoms with E-state index in [1.54, 1.807) is 32.0 Å². The summed E-state index contributed by atoms with van der Waals surface area (Å²) in [5.74, 6) is -0.925. The van der Waals surface area contributed by atoms with Crippen molar-refractivity contribution < 1.29 is 28.3 Å². The number of carboxylic acid groups (broad SMARTS) is 1. The fourth-order valence-corrected chi connectivity index (χ4v) is 3.83. The van der Waals surface area contributed by atoms with Crippen LogP contribution in [0.2, 0.25) is 0 Å². The Labute approximate surface area is 207 Å². The van der Waals surface area contributed by atoms with E-state index >= 15 is 0 Å². The Bertz CT molecular complexity index is 1360. The van der Waals surface area contributed by atoms with Crippen molar-refractivity contribution in [3.05, 3.63) is 107 Å². The normalized spacial score (nSPS) is 11.6. The van der Waals surface area contributed by atoms with Crippen LogP contribution in [0.3, 0.4) is 0 Å². The lowest BCUT2D eigenvalue weighted by atomic mass is 10.0. The number of aryl methyl sites for hydroxylation is 1. The number of rotatable bonds is 8. The van der Waals surface area contributed by atoms with Crippen molar-refractivity contribution in [2.75, 3.05) is 5.32 Å². The summed E-state index contributed by atoms with van der Waals surface area (Å²) in [7, 11) is 0. The van der Waals surface area contributed by atoms with Crippen LogP contribution in [0.1, 0.15) is 41.0 Å². The van der Waals surface area contributed by atoms with Gasteiger partial charge in [-0.3, -0.25) is 10.1 Å². The predicted molar refractivity (Wildman–Crippen MR) is 132 cm³/mol. The molecule has 1 unspecified atom stereocenters. The van der Waals surface area contributed by atoms with Crippen LogP contribution in [0.4, 0.5) is 14.9 Å². The standard InChI is InChI=1S/C28H25FN2O5/c1-17-26(30-28(34)35-18(2)23-5-3-4-6-24(23)29)27(36-31-17)22-13-11-20(12-14-22)15-19-7-9-21(10-8-19)16-25(32)33/h3-14,18H,15-16H2,1-2H3,(H,30,34)(H,32,33). The van der Waals surface area contributed by atoms with Crippen molar-refractivity contribution in [1.29, 1.82) is 0 Å². The molecule has 4 rings (SSSR count). The van der Waals surface area contributed by atoms with Crippen LogP contribution in [-0.2, 0) is 22.4 Å². The Morgan fingerprint density at radius 3 is 2.25 bits per heavy atom. The Balaban J connectivity index is 1.43. The molecule has 36 heavy (non-hydrogen) atoms. The van der Waals surface area contributed by atoms with E-state index in [9.17, 15) is 14.0 Å². The van der Waals surface area contributed by atoms with Crippen LogP contribution in [0.25, 0.3) is 11.3 Å². The Hall–Kier alpha value is -4.46. The van der Waals surface area contributed by atoms with Gasteiger partial charge in [0.2, 0.25) is 0 Å². The van der Waals surface area contributed by atoms with Gasteiger partial charge in [-0.1, -0.05) is 71.9 Å². The van der Waals surface area contributed by atoms with Gasteiger partial charge in [0.1, 0.15) is 23.3 Å². The molecule has 8 heteroatoms. The first-order chi connectivity index (χ1) is 17.3. The predicted octanol–water partition coefficient (Wildman–Crippen LogP) is 6.32. The molecular weight excluding hydrogens is 463 g/mol. The smallest absolute Gasteiger partial charge is 0.412 e. The van der Waals surface area contributed by atoms with E-state index in [0.29, 0.717) is 29.1 Å². The molecule has 0 spiro atoms. The van der Waals surface area contributed by atoms with Crippen LogP contribution in [0, 0.1) is 12.7 Å². The molecule has 0 fully saturated rings. The molecule has 1 atom stereocenters. The molecule has 0 aliphatic heterocycles. The van der Waals surface area contributed by atoms with Gasteiger partial charge in [0.25, 0.3) is 0 Å². The van der Waals surface area contributed by atoms with Gasteiger partial charge in [-0.2, -0.15) is 0 Å². The number of hydrogen-bond acceptors (Lipinski definition) is 5. The highest BCUT2D eigenvalue weighted by Crippen LogP contribution is 2.32. The molecule has 0 aliphatic carbocycles. The summed E-state index contributed by atoms with van der Waals surface area (Å²) >= 11 is 0. The number of nitrogens with one attached hydrogen (secondary N) is 1. The van der Waals surface area contributed by atoms with E-state index in [1.807, 2.05) is 48.5 Å². The molecule has 1 amide bonds. The molecule has 0 bridgehead atoms. The van der Waals surface area contributed by atoms with Crippen molar-refractivity contribution in [2.45, 2.75) is 32.8 Å². The zero-order valence-corrected chi connectivity index (χ0v) is 19.8. The van der Waals surface area contributed by atoms with Crippen LogP contribution < -0.4 is 5.32 Å². The largest absolute Gasteiger partial charge is 0.481 e. The number of carbonyl (C=O) groups is 2. The van der Waals surface area contributed by atoms with Gasteiger partial charge in [-0.15, -0.1) is 0 Å². The van der Waals surface area contributed by atoms with Crippen molar-refractivity contribution in [3.8, 4) is 11.3 Å². The summed E-state index contributed by atoms with van der Waals surface area (Å²) in [6, 6.07) is 21.2. The zero-order chi connectivity index (χ0) is 25.7. The van der Waals surface area contributed by atoms with E-state index in [-0.39, 0.29) is 12.0 Å². The second-order valence-corrected chi connectivity index (χ2v) is 8.43. The summed E-state index contributed by atoms with van der Waals surface area (Å²) in [6.07, 6.45) is -0.861. The van der Waals surface area contributed by atoms with Gasteiger partial charge < -0.3 is 14.4 Å². The molecular formula is C28H25FN2O5. The Kier molecular flexibility index (Phi) is 7.44. The third-order valence-electron chi connectivity index (χ3n) is 5.72. The number of hydrogen-bond donors (Lipinski definition) is 2. The SMILES string of the molecule is Cc1noc(-c2ccc(Cc3ccc(CC(=O)O)cc3)cc2)c1NC(=O)OC(C)c1ccccc1F. The lowest BCUT2D eigenvalue weighted by Gasteiger charge is -2.15. The van der Waals surface area contributed by atoms with E-state index < -0.39 is 24.0 Å². The topological polar surface area (TPSA) is 102 Å². The second kappa shape index (κ2) is 10.9. The Morgan fingerprint density at radius 2 is 1.61 bits per heavy atom. The number of amides is 1. The third kappa shape index (κ3) is 5.96. The maximum Gasteiger partial charge on any atom is 0.412 e. The van der Waals surface area contributed by atoms with Gasteiger partial charge in [-0.05, 0) is 43.0 Å². The molecule has 1 heterocycles. The number of aromatic nitrogens is 1. The summed E-state index contributed by atoms with van der Waals surface area (Å²) in [5.41, 5.74) is 4.71. The lowest BCUT2D eigenvalue weighted by Crippen LogP contribution is -2.17. The van der Waals surface area contributed by atoms with E-state index in [2.05, 4.69) is 10.5 Å². The van der Waals surface area contributed by atoms with Crippen molar-refractivity contribution in [2.24, 2.45) is 0 Å². The first kappa shape index (κ1) is 24.7. The quantitative estimate of drug-likeness (QED) is 0.301. The van der Waals surface area contributed by atoms with Crippen molar-refractivity contribution in [3.63, 3.8) is 0 Å². The molecule has 0 aliphatic rings. The van der Waals surface area contributed by atoms with Gasteiger partial charge >= 0.3 is 12.1 Å². The van der Waals surface area contributed by atoms with Crippen LogP contribution in [0.5, 0.6) is 0 Å². The first-order valence-electron chi connectivity index (χ1n) is 11.4. The van der Waals surface area contributed by atoms with Gasteiger partial charge in [0, 0.05) is 11.1 Å². The molecule has 0 saturated carbocycles. The molecule has 0 radical (unpaired) electrons. The van der Waals surface area contributed by atoms with Gasteiger partial charge in [0.15, 0.2) is 5.76 Å². The molecule has 0 saturated heterocycles. The minimum atomic E-state index is -0.859. The number of carboxylic acids is 1. The van der Waals surface area contributed by atoms with Gasteiger partial charge in [0.05, 0.1) is 6.42 Å². The second-order valence-electron chi connectivity index (χ2n) is 8.43. The monoisotopic (exact) mass is 488 g/mol. The van der Waals surface area contributed by atoms with E-state index in [4.69, 9.17) is 14.4 Å². The van der Waals surface area contributed by atoms with Crippen LogP contribution in [-0.4, -0.2) is 22.3 Å². The van der Waals surface area contributed by atoms with Gasteiger partial charge in [-0.25, -0.2) is 9.18 Å². The van der Waals surface area contributed by atoms with E-state index in [1.165, 1.54) is 6.07 Å². The molecule has 2 N–H and O–H groups in total. The average molecular weight is 489 g/mol. The molecule has 7 nitrogen and oxygen atoms in total. The number of ether oxygens (including phenoxy) is 1. The lowest BCUT2D eigenvalue weighted by molar-refractivity contribution is -0.136. The number of carbonyl (C=O) groups excluding carboxylic acids is 1. The highest BCUT2D eigenvalue weighted by atomic mass is 19.1. The third-order valence-corrected chi connectivity index (χ3v) is 5.72. The average Bonchev–Trinajstić information content (AvgIpc) is 3.20. The number of nitrogens with zero attached hydrogens (tertiary/aromatic N) is 1.